The number of aliphatic carboxylic acids is 1. The third kappa shape index (κ3) is 7.10. The second-order valence-electron chi connectivity index (χ2n) is 7.20. The number of rotatable bonds is 4. The van der Waals surface area contributed by atoms with E-state index in [1.165, 1.54) is 5.69 Å². The average molecular weight is 449 g/mol. The first-order chi connectivity index (χ1) is 14.7. The molecular weight excluding hydrogens is 419 g/mol. The normalized spacial score (nSPS) is 17.0. The molecular formula is C19H30F3N5O4. The van der Waals surface area contributed by atoms with E-state index in [1.54, 1.807) is 0 Å². The lowest BCUT2D eigenvalue weighted by atomic mass is 10.3. The number of nitrogens with zero attached hydrogens (tertiary/aromatic N) is 5. The van der Waals surface area contributed by atoms with E-state index >= 15 is 0 Å². The van der Waals surface area contributed by atoms with Crippen LogP contribution in [-0.2, 0) is 29.0 Å². The van der Waals surface area contributed by atoms with Crippen molar-refractivity contribution in [3.8, 4) is 0 Å². The Morgan fingerprint density at radius 1 is 1.10 bits per heavy atom. The first-order valence-corrected chi connectivity index (χ1v) is 10.3. The second-order valence-corrected chi connectivity index (χ2v) is 7.20. The van der Waals surface area contributed by atoms with Gasteiger partial charge in [-0.15, -0.1) is 0 Å². The number of alkyl halides is 3. The summed E-state index contributed by atoms with van der Waals surface area (Å²) in [6.45, 7) is 12.4. The zero-order valence-corrected chi connectivity index (χ0v) is 17.9. The van der Waals surface area contributed by atoms with Gasteiger partial charge in [0, 0.05) is 51.9 Å². The fraction of sp³-hybridized carbons (Fsp3) is 0.737. The minimum atomic E-state index is -5.08. The van der Waals surface area contributed by atoms with Gasteiger partial charge in [-0.25, -0.2) is 14.6 Å². The average Bonchev–Trinajstić information content (AvgIpc) is 3.00. The van der Waals surface area contributed by atoms with Crippen molar-refractivity contribution in [2.45, 2.75) is 39.5 Å². The van der Waals surface area contributed by atoms with Gasteiger partial charge in [-0.3, -0.25) is 4.90 Å². The van der Waals surface area contributed by atoms with Gasteiger partial charge < -0.3 is 24.2 Å². The number of hydrogen-bond acceptors (Lipinski definition) is 5. The summed E-state index contributed by atoms with van der Waals surface area (Å²) in [7, 11) is 0. The van der Waals surface area contributed by atoms with E-state index in [0.29, 0.717) is 26.3 Å². The number of imidazole rings is 1. The summed E-state index contributed by atoms with van der Waals surface area (Å²) in [5, 5.41) is 7.12. The van der Waals surface area contributed by atoms with E-state index in [1.807, 2.05) is 16.0 Å². The van der Waals surface area contributed by atoms with Crippen LogP contribution in [0, 0.1) is 0 Å². The summed E-state index contributed by atoms with van der Waals surface area (Å²) in [5.41, 5.74) is 1.26. The van der Waals surface area contributed by atoms with Crippen LogP contribution in [-0.4, -0.2) is 100 Å². The number of carbonyl (C=O) groups is 2. The van der Waals surface area contributed by atoms with E-state index in [9.17, 15) is 18.0 Å². The number of carboxylic acid groups (broad SMARTS) is 1. The Morgan fingerprint density at radius 2 is 1.68 bits per heavy atom. The highest BCUT2D eigenvalue weighted by atomic mass is 19.4. The van der Waals surface area contributed by atoms with Gasteiger partial charge in [0.15, 0.2) is 0 Å². The number of carbonyl (C=O) groups excluding carboxylic acids is 1. The minimum Gasteiger partial charge on any atom is -0.475 e. The zero-order valence-electron chi connectivity index (χ0n) is 17.9. The molecule has 1 fully saturated rings. The molecule has 0 unspecified atom stereocenters. The lowest BCUT2D eigenvalue weighted by molar-refractivity contribution is -0.192. The number of morpholine rings is 1. The second kappa shape index (κ2) is 11.3. The topological polar surface area (TPSA) is 91.1 Å². The number of carboxylic acids is 1. The highest BCUT2D eigenvalue weighted by molar-refractivity contribution is 5.74. The molecule has 0 aliphatic carbocycles. The molecule has 2 aliphatic rings. The van der Waals surface area contributed by atoms with Crippen LogP contribution in [0.1, 0.15) is 25.4 Å². The van der Waals surface area contributed by atoms with Crippen molar-refractivity contribution in [2.75, 3.05) is 52.5 Å². The van der Waals surface area contributed by atoms with Crippen LogP contribution < -0.4 is 0 Å². The van der Waals surface area contributed by atoms with Crippen LogP contribution in [0.15, 0.2) is 6.20 Å². The monoisotopic (exact) mass is 449 g/mol. The number of ether oxygens (including phenoxy) is 1. The number of hydrogen-bond donors (Lipinski definition) is 1. The molecule has 0 radical (unpaired) electrons. The maximum atomic E-state index is 12.7. The predicted octanol–water partition coefficient (Wildman–Crippen LogP) is 1.67. The summed E-state index contributed by atoms with van der Waals surface area (Å²) in [6, 6.07) is 0.148. The molecule has 0 bridgehead atoms. The van der Waals surface area contributed by atoms with Crippen molar-refractivity contribution in [1.29, 1.82) is 0 Å². The van der Waals surface area contributed by atoms with Crippen LogP contribution in [0.2, 0.25) is 0 Å². The molecule has 176 valence electrons. The molecule has 31 heavy (non-hydrogen) atoms. The SMILES string of the molecule is CCN(CC)Cc1cnc2n1CCN(C(=O)N1CCOCC1)CC2.O=C(O)C(F)(F)F. The van der Waals surface area contributed by atoms with Gasteiger partial charge in [-0.05, 0) is 13.1 Å². The summed E-state index contributed by atoms with van der Waals surface area (Å²) in [5.74, 6) is -1.65. The lowest BCUT2D eigenvalue weighted by Gasteiger charge is -2.32. The molecule has 0 atom stereocenters. The molecule has 0 aromatic carbocycles. The smallest absolute Gasteiger partial charge is 0.475 e. The van der Waals surface area contributed by atoms with E-state index in [0.717, 1.165) is 51.5 Å². The molecule has 9 nitrogen and oxygen atoms in total. The van der Waals surface area contributed by atoms with Crippen molar-refractivity contribution < 1.29 is 32.6 Å². The molecule has 2 aliphatic heterocycles. The molecule has 1 aromatic rings. The van der Waals surface area contributed by atoms with Gasteiger partial charge in [0.05, 0.1) is 18.9 Å². The van der Waals surface area contributed by atoms with Crippen molar-refractivity contribution in [1.82, 2.24) is 24.3 Å². The maximum Gasteiger partial charge on any atom is 0.490 e. The van der Waals surface area contributed by atoms with Gasteiger partial charge in [0.1, 0.15) is 5.82 Å². The molecule has 1 saturated heterocycles. The minimum absolute atomic E-state index is 0.148. The van der Waals surface area contributed by atoms with E-state index in [2.05, 4.69) is 28.3 Å². The molecule has 3 heterocycles. The van der Waals surface area contributed by atoms with Crippen LogP contribution >= 0.6 is 0 Å². The molecule has 2 amide bonds. The van der Waals surface area contributed by atoms with Crippen LogP contribution in [0.25, 0.3) is 0 Å². The predicted molar refractivity (Wildman–Crippen MR) is 106 cm³/mol. The highest BCUT2D eigenvalue weighted by Gasteiger charge is 2.38. The molecule has 1 aromatic heterocycles. The van der Waals surface area contributed by atoms with Crippen molar-refractivity contribution in [3.63, 3.8) is 0 Å². The number of amides is 2. The summed E-state index contributed by atoms with van der Waals surface area (Å²) in [4.78, 5) is 32.5. The van der Waals surface area contributed by atoms with Gasteiger partial charge in [-0.1, -0.05) is 13.8 Å². The largest absolute Gasteiger partial charge is 0.490 e. The maximum absolute atomic E-state index is 12.7. The van der Waals surface area contributed by atoms with Gasteiger partial charge in [0.25, 0.3) is 0 Å². The molecule has 0 spiro atoms. The third-order valence-corrected chi connectivity index (χ3v) is 5.29. The zero-order chi connectivity index (χ0) is 23.0. The Labute approximate surface area is 179 Å². The lowest BCUT2D eigenvalue weighted by Crippen LogP contribution is -2.49. The third-order valence-electron chi connectivity index (χ3n) is 5.29. The van der Waals surface area contributed by atoms with Crippen molar-refractivity contribution in [3.05, 3.63) is 17.7 Å². The number of halogens is 3. The van der Waals surface area contributed by atoms with Gasteiger partial charge in [0.2, 0.25) is 0 Å². The van der Waals surface area contributed by atoms with Gasteiger partial charge >= 0.3 is 18.2 Å². The van der Waals surface area contributed by atoms with Gasteiger partial charge in [-0.2, -0.15) is 13.2 Å². The van der Waals surface area contributed by atoms with E-state index < -0.39 is 12.1 Å². The number of fused-ring (bicyclic) bond motifs is 1. The molecule has 1 N–H and O–H groups in total. The fourth-order valence-corrected chi connectivity index (χ4v) is 3.44. The summed E-state index contributed by atoms with van der Waals surface area (Å²) >= 11 is 0. The Bertz CT molecular complexity index is 731. The first kappa shape index (κ1) is 24.9. The first-order valence-electron chi connectivity index (χ1n) is 10.3. The van der Waals surface area contributed by atoms with E-state index in [-0.39, 0.29) is 6.03 Å². The summed E-state index contributed by atoms with van der Waals surface area (Å²) in [6.07, 6.45) is -2.25. The Hall–Kier alpha value is -2.34. The van der Waals surface area contributed by atoms with Crippen molar-refractivity contribution in [2.24, 2.45) is 0 Å². The quantitative estimate of drug-likeness (QED) is 0.752. The Kier molecular flexibility index (Phi) is 9.11. The van der Waals surface area contributed by atoms with Crippen LogP contribution in [0.4, 0.5) is 18.0 Å². The summed E-state index contributed by atoms with van der Waals surface area (Å²) < 4.78 is 39.4. The number of urea groups is 1. The van der Waals surface area contributed by atoms with E-state index in [4.69, 9.17) is 14.6 Å². The Balaban J connectivity index is 0.000000423. The van der Waals surface area contributed by atoms with Crippen molar-refractivity contribution >= 4 is 12.0 Å². The Morgan fingerprint density at radius 3 is 2.23 bits per heavy atom. The standard InChI is InChI=1S/C17H29N5O2.C2HF3O2/c1-3-19(4-2)14-15-13-18-16-5-6-20(7-8-22(15)16)17(23)21-9-11-24-12-10-21;3-2(4,5)1(6)7/h13H,3-12,14H2,1-2H3;(H,6,7). The fourth-order valence-electron chi connectivity index (χ4n) is 3.44. The molecule has 3 rings (SSSR count). The molecule has 12 heteroatoms. The molecule has 0 saturated carbocycles. The highest BCUT2D eigenvalue weighted by Crippen LogP contribution is 2.15. The van der Waals surface area contributed by atoms with Crippen LogP contribution in [0.5, 0.6) is 0 Å². The van der Waals surface area contributed by atoms with Crippen LogP contribution in [0.3, 0.4) is 0 Å². The number of aromatic nitrogens is 2.